The van der Waals surface area contributed by atoms with Gasteiger partial charge in [-0.1, -0.05) is 36.4 Å². The highest BCUT2D eigenvalue weighted by Crippen LogP contribution is 2.30. The lowest BCUT2D eigenvalue weighted by atomic mass is 9.87. The molecule has 1 amide bonds. The summed E-state index contributed by atoms with van der Waals surface area (Å²) in [5.41, 5.74) is 6.35. The van der Waals surface area contributed by atoms with Gasteiger partial charge in [-0.2, -0.15) is 0 Å². The molecule has 108 valence electrons. The molecule has 4 heteroatoms. The minimum Gasteiger partial charge on any atom is -0.345 e. The van der Waals surface area contributed by atoms with Crippen molar-refractivity contribution < 1.29 is 4.79 Å². The van der Waals surface area contributed by atoms with Crippen molar-refractivity contribution in [2.45, 2.75) is 25.3 Å². The number of nitrogen functional groups attached to an aromatic ring is 1. The first-order chi connectivity index (χ1) is 10.3. The van der Waals surface area contributed by atoms with E-state index in [0.717, 1.165) is 19.3 Å². The summed E-state index contributed by atoms with van der Waals surface area (Å²) in [6.45, 7) is 0. The van der Waals surface area contributed by atoms with Gasteiger partial charge in [0, 0.05) is 0 Å². The van der Waals surface area contributed by atoms with Gasteiger partial charge in [0.05, 0.1) is 17.3 Å². The van der Waals surface area contributed by atoms with Crippen molar-refractivity contribution in [2.75, 3.05) is 5.43 Å². The number of aryl methyl sites for hydroxylation is 1. The number of para-hydroxylation sites is 1. The summed E-state index contributed by atoms with van der Waals surface area (Å²) in [6, 6.07) is 15.7. The number of amides is 1. The van der Waals surface area contributed by atoms with Crippen LogP contribution in [0.15, 0.2) is 48.5 Å². The zero-order valence-electron chi connectivity index (χ0n) is 11.8. The zero-order chi connectivity index (χ0) is 14.7. The highest BCUT2D eigenvalue weighted by Gasteiger charge is 2.22. The number of anilines is 1. The predicted octanol–water partition coefficient (Wildman–Crippen LogP) is 2.78. The van der Waals surface area contributed by atoms with Gasteiger partial charge in [0.15, 0.2) is 0 Å². The van der Waals surface area contributed by atoms with Crippen molar-refractivity contribution >= 4 is 11.6 Å². The maximum Gasteiger partial charge on any atom is 0.253 e. The predicted molar refractivity (Wildman–Crippen MR) is 83.8 cm³/mol. The van der Waals surface area contributed by atoms with E-state index in [1.54, 1.807) is 12.1 Å². The minimum absolute atomic E-state index is 0.0771. The third-order valence-electron chi connectivity index (χ3n) is 4.00. The number of carbonyl (C=O) groups is 1. The molecule has 0 radical (unpaired) electrons. The van der Waals surface area contributed by atoms with Gasteiger partial charge in [0.2, 0.25) is 0 Å². The third-order valence-corrected chi connectivity index (χ3v) is 4.00. The molecule has 4 nitrogen and oxygen atoms in total. The van der Waals surface area contributed by atoms with Crippen molar-refractivity contribution in [1.82, 2.24) is 5.32 Å². The Morgan fingerprint density at radius 1 is 1.10 bits per heavy atom. The van der Waals surface area contributed by atoms with Crippen LogP contribution in [0.5, 0.6) is 0 Å². The first-order valence-electron chi connectivity index (χ1n) is 7.24. The largest absolute Gasteiger partial charge is 0.345 e. The monoisotopic (exact) mass is 281 g/mol. The molecule has 0 aliphatic heterocycles. The molecule has 3 rings (SSSR count). The second-order valence-electron chi connectivity index (χ2n) is 5.31. The highest BCUT2D eigenvalue weighted by molar-refractivity contribution is 5.99. The number of rotatable bonds is 3. The van der Waals surface area contributed by atoms with Crippen molar-refractivity contribution in [2.24, 2.45) is 5.84 Å². The number of hydrazine groups is 1. The first-order valence-corrected chi connectivity index (χ1v) is 7.24. The molecule has 0 saturated heterocycles. The molecule has 4 N–H and O–H groups in total. The summed E-state index contributed by atoms with van der Waals surface area (Å²) in [4.78, 5) is 12.5. The van der Waals surface area contributed by atoms with Crippen LogP contribution in [0.1, 0.15) is 40.4 Å². The second kappa shape index (κ2) is 5.97. The van der Waals surface area contributed by atoms with Gasteiger partial charge in [-0.05, 0) is 42.5 Å². The van der Waals surface area contributed by atoms with Crippen LogP contribution in [0.4, 0.5) is 5.69 Å². The van der Waals surface area contributed by atoms with Gasteiger partial charge in [-0.25, -0.2) is 0 Å². The fourth-order valence-electron chi connectivity index (χ4n) is 2.95. The number of carbonyl (C=O) groups excluding carboxylic acids is 1. The maximum atomic E-state index is 12.5. The van der Waals surface area contributed by atoms with E-state index in [-0.39, 0.29) is 11.9 Å². The lowest BCUT2D eigenvalue weighted by Crippen LogP contribution is -2.31. The number of benzene rings is 2. The van der Waals surface area contributed by atoms with Crippen LogP contribution in [-0.2, 0) is 6.42 Å². The van der Waals surface area contributed by atoms with Crippen LogP contribution < -0.4 is 16.6 Å². The Balaban J connectivity index is 1.83. The fourth-order valence-corrected chi connectivity index (χ4v) is 2.95. The van der Waals surface area contributed by atoms with E-state index < -0.39 is 0 Å². The molecule has 1 atom stereocenters. The van der Waals surface area contributed by atoms with Crippen LogP contribution in [0.2, 0.25) is 0 Å². The molecule has 0 fully saturated rings. The van der Waals surface area contributed by atoms with E-state index >= 15 is 0 Å². The topological polar surface area (TPSA) is 67.1 Å². The fraction of sp³-hybridized carbons (Fsp3) is 0.235. The Morgan fingerprint density at radius 3 is 2.71 bits per heavy atom. The Bertz CT molecular complexity index is 654. The first kappa shape index (κ1) is 13.6. The van der Waals surface area contributed by atoms with Gasteiger partial charge < -0.3 is 10.7 Å². The smallest absolute Gasteiger partial charge is 0.253 e. The number of hydrogen-bond acceptors (Lipinski definition) is 3. The molecule has 2 aromatic carbocycles. The van der Waals surface area contributed by atoms with Crippen LogP contribution in [-0.4, -0.2) is 5.91 Å². The number of nitrogens with two attached hydrogens (primary N) is 1. The standard InChI is InChI=1S/C17H19N3O/c18-20-16-10-4-3-9-14(16)17(21)19-15-11-5-7-12-6-1-2-8-13(12)15/h1-4,6,8-10,15,20H,5,7,11,18H2,(H,19,21). The molecule has 0 bridgehead atoms. The lowest BCUT2D eigenvalue weighted by Gasteiger charge is -2.26. The van der Waals surface area contributed by atoms with E-state index in [2.05, 4.69) is 28.9 Å². The lowest BCUT2D eigenvalue weighted by molar-refractivity contribution is 0.0933. The summed E-state index contributed by atoms with van der Waals surface area (Å²) in [6.07, 6.45) is 3.16. The van der Waals surface area contributed by atoms with Crippen molar-refractivity contribution in [3.63, 3.8) is 0 Å². The van der Waals surface area contributed by atoms with Gasteiger partial charge in [0.1, 0.15) is 0 Å². The molecule has 1 unspecified atom stereocenters. The molecule has 0 saturated carbocycles. The van der Waals surface area contributed by atoms with Gasteiger partial charge in [-0.15, -0.1) is 0 Å². The number of fused-ring (bicyclic) bond motifs is 1. The summed E-state index contributed by atoms with van der Waals surface area (Å²) < 4.78 is 0. The molecule has 21 heavy (non-hydrogen) atoms. The normalized spacial score (nSPS) is 16.9. The molecule has 0 spiro atoms. The van der Waals surface area contributed by atoms with Crippen molar-refractivity contribution in [3.8, 4) is 0 Å². The Labute approximate surface area is 124 Å². The molecule has 0 aromatic heterocycles. The zero-order valence-corrected chi connectivity index (χ0v) is 11.8. The summed E-state index contributed by atoms with van der Waals surface area (Å²) in [7, 11) is 0. The van der Waals surface area contributed by atoms with Crippen LogP contribution in [0.3, 0.4) is 0 Å². The summed E-state index contributed by atoms with van der Waals surface area (Å²) in [5, 5.41) is 3.13. The van der Waals surface area contributed by atoms with Crippen molar-refractivity contribution in [1.29, 1.82) is 0 Å². The average Bonchev–Trinajstić information content (AvgIpc) is 2.55. The molecule has 1 aliphatic rings. The Hall–Kier alpha value is -2.33. The molecule has 2 aromatic rings. The molecular formula is C17H19N3O. The van der Waals surface area contributed by atoms with E-state index in [4.69, 9.17) is 5.84 Å². The van der Waals surface area contributed by atoms with Gasteiger partial charge in [-0.3, -0.25) is 10.6 Å². The maximum absolute atomic E-state index is 12.5. The Kier molecular flexibility index (Phi) is 3.88. The number of hydrogen-bond donors (Lipinski definition) is 3. The molecule has 0 heterocycles. The average molecular weight is 281 g/mol. The van der Waals surface area contributed by atoms with Crippen LogP contribution >= 0.6 is 0 Å². The van der Waals surface area contributed by atoms with Crippen molar-refractivity contribution in [3.05, 3.63) is 65.2 Å². The summed E-state index contributed by atoms with van der Waals surface area (Å²) in [5.74, 6) is 5.38. The quantitative estimate of drug-likeness (QED) is 0.598. The van der Waals surface area contributed by atoms with Gasteiger partial charge in [0.25, 0.3) is 5.91 Å². The van der Waals surface area contributed by atoms with E-state index in [9.17, 15) is 4.79 Å². The minimum atomic E-state index is -0.0924. The van der Waals surface area contributed by atoms with Crippen LogP contribution in [0, 0.1) is 0 Å². The highest BCUT2D eigenvalue weighted by atomic mass is 16.1. The summed E-state index contributed by atoms with van der Waals surface area (Å²) >= 11 is 0. The Morgan fingerprint density at radius 2 is 1.86 bits per heavy atom. The van der Waals surface area contributed by atoms with E-state index in [1.165, 1.54) is 11.1 Å². The molecule has 1 aliphatic carbocycles. The van der Waals surface area contributed by atoms with Gasteiger partial charge >= 0.3 is 0 Å². The number of nitrogens with one attached hydrogen (secondary N) is 2. The SMILES string of the molecule is NNc1ccccc1C(=O)NC1CCCc2ccccc21. The second-order valence-corrected chi connectivity index (χ2v) is 5.31. The van der Waals surface area contributed by atoms with E-state index in [1.807, 2.05) is 18.2 Å². The van der Waals surface area contributed by atoms with E-state index in [0.29, 0.717) is 11.3 Å². The van der Waals surface area contributed by atoms with Crippen LogP contribution in [0.25, 0.3) is 0 Å². The third kappa shape index (κ3) is 2.76. The molecular weight excluding hydrogens is 262 g/mol.